The minimum Gasteiger partial charge on any atom is -0.394 e. The Labute approximate surface area is 111 Å². The van der Waals surface area contributed by atoms with Gasteiger partial charge in [-0.25, -0.2) is 0 Å². The molecule has 0 radical (unpaired) electrons. The molecule has 6 atom stereocenters. The SMILES string of the molecule is CC(O)C(O)C(CO)OCOC(C)C(O)C(O)CO. The first kappa shape index (κ1) is 18.7. The molecule has 0 saturated heterocycles. The van der Waals surface area contributed by atoms with Crippen molar-refractivity contribution in [1.29, 1.82) is 0 Å². The standard InChI is InChI=1S/C11H24O8/c1-6(14)10(16)9(4-13)19-5-18-7(2)11(17)8(15)3-12/h6-17H,3-5H2,1-2H3. The maximum atomic E-state index is 9.48. The molecule has 0 aliphatic carbocycles. The van der Waals surface area contributed by atoms with Crippen LogP contribution >= 0.6 is 0 Å². The molecule has 0 fully saturated rings. The van der Waals surface area contributed by atoms with Crippen molar-refractivity contribution in [3.05, 3.63) is 0 Å². The Bertz CT molecular complexity index is 225. The van der Waals surface area contributed by atoms with Gasteiger partial charge in [0.15, 0.2) is 0 Å². The molecule has 0 aromatic carbocycles. The number of hydrogen-bond acceptors (Lipinski definition) is 8. The summed E-state index contributed by atoms with van der Waals surface area (Å²) in [5.41, 5.74) is 0. The van der Waals surface area contributed by atoms with Crippen LogP contribution in [0.3, 0.4) is 0 Å². The van der Waals surface area contributed by atoms with Crippen LogP contribution in [0, 0.1) is 0 Å². The van der Waals surface area contributed by atoms with Gasteiger partial charge in [0.05, 0.1) is 25.4 Å². The molecule has 19 heavy (non-hydrogen) atoms. The second kappa shape index (κ2) is 9.56. The van der Waals surface area contributed by atoms with E-state index in [4.69, 9.17) is 24.8 Å². The van der Waals surface area contributed by atoms with E-state index < -0.39 is 49.8 Å². The lowest BCUT2D eigenvalue weighted by Crippen LogP contribution is -2.42. The van der Waals surface area contributed by atoms with Crippen molar-refractivity contribution in [3.63, 3.8) is 0 Å². The number of ether oxygens (including phenoxy) is 2. The van der Waals surface area contributed by atoms with Crippen LogP contribution in [0.15, 0.2) is 0 Å². The molecule has 0 rings (SSSR count). The van der Waals surface area contributed by atoms with Gasteiger partial charge in [0.25, 0.3) is 0 Å². The Kier molecular flexibility index (Phi) is 9.40. The van der Waals surface area contributed by atoms with Crippen LogP contribution in [0.5, 0.6) is 0 Å². The summed E-state index contributed by atoms with van der Waals surface area (Å²) in [6.07, 6.45) is -6.79. The van der Waals surface area contributed by atoms with E-state index in [0.29, 0.717) is 0 Å². The number of aliphatic hydroxyl groups is 6. The number of hydrogen-bond donors (Lipinski definition) is 6. The molecular weight excluding hydrogens is 260 g/mol. The van der Waals surface area contributed by atoms with E-state index in [2.05, 4.69) is 0 Å². The lowest BCUT2D eigenvalue weighted by atomic mass is 10.1. The van der Waals surface area contributed by atoms with Gasteiger partial charge < -0.3 is 40.1 Å². The van der Waals surface area contributed by atoms with E-state index in [1.807, 2.05) is 0 Å². The lowest BCUT2D eigenvalue weighted by molar-refractivity contribution is -0.188. The van der Waals surface area contributed by atoms with Crippen LogP contribution in [0.25, 0.3) is 0 Å². The smallest absolute Gasteiger partial charge is 0.147 e. The molecule has 0 spiro atoms. The zero-order valence-electron chi connectivity index (χ0n) is 11.1. The number of rotatable bonds is 10. The van der Waals surface area contributed by atoms with E-state index in [0.717, 1.165) is 0 Å². The van der Waals surface area contributed by atoms with Gasteiger partial charge in [0, 0.05) is 0 Å². The lowest BCUT2D eigenvalue weighted by Gasteiger charge is -2.26. The largest absolute Gasteiger partial charge is 0.394 e. The molecule has 6 unspecified atom stereocenters. The highest BCUT2D eigenvalue weighted by Crippen LogP contribution is 2.07. The fourth-order valence-electron chi connectivity index (χ4n) is 1.32. The van der Waals surface area contributed by atoms with Crippen molar-refractivity contribution < 1.29 is 40.1 Å². The van der Waals surface area contributed by atoms with E-state index >= 15 is 0 Å². The zero-order chi connectivity index (χ0) is 15.0. The summed E-state index contributed by atoms with van der Waals surface area (Å²) in [5.74, 6) is 0. The molecular formula is C11H24O8. The highest BCUT2D eigenvalue weighted by atomic mass is 16.7. The first-order valence-corrected chi connectivity index (χ1v) is 6.02. The predicted octanol–water partition coefficient (Wildman–Crippen LogP) is -2.82. The molecule has 0 saturated carbocycles. The Balaban J connectivity index is 4.06. The molecule has 116 valence electrons. The Morgan fingerprint density at radius 3 is 1.84 bits per heavy atom. The van der Waals surface area contributed by atoms with Crippen LogP contribution in [-0.4, -0.2) is 87.3 Å². The van der Waals surface area contributed by atoms with Crippen LogP contribution in [0.2, 0.25) is 0 Å². The summed E-state index contributed by atoms with van der Waals surface area (Å²) in [6.45, 7) is 1.35. The average molecular weight is 284 g/mol. The first-order valence-electron chi connectivity index (χ1n) is 6.02. The summed E-state index contributed by atoms with van der Waals surface area (Å²) in [5, 5.41) is 54.9. The molecule has 0 amide bonds. The third-order valence-electron chi connectivity index (χ3n) is 2.73. The van der Waals surface area contributed by atoms with E-state index in [1.54, 1.807) is 0 Å². The minimum atomic E-state index is -1.33. The summed E-state index contributed by atoms with van der Waals surface area (Å²) in [7, 11) is 0. The van der Waals surface area contributed by atoms with Crippen LogP contribution in [0.4, 0.5) is 0 Å². The van der Waals surface area contributed by atoms with Crippen LogP contribution in [0.1, 0.15) is 13.8 Å². The van der Waals surface area contributed by atoms with Gasteiger partial charge in [-0.15, -0.1) is 0 Å². The highest BCUT2D eigenvalue weighted by Gasteiger charge is 2.26. The first-order chi connectivity index (χ1) is 8.84. The summed E-state index contributed by atoms with van der Waals surface area (Å²) >= 11 is 0. The Hall–Kier alpha value is -0.320. The molecule has 0 aromatic rings. The van der Waals surface area contributed by atoms with Crippen LogP contribution in [-0.2, 0) is 9.47 Å². The van der Waals surface area contributed by atoms with Crippen molar-refractivity contribution in [2.24, 2.45) is 0 Å². The Morgan fingerprint density at radius 1 is 0.842 bits per heavy atom. The van der Waals surface area contributed by atoms with Gasteiger partial charge in [0.2, 0.25) is 0 Å². The fourth-order valence-corrected chi connectivity index (χ4v) is 1.32. The number of aliphatic hydroxyl groups excluding tert-OH is 6. The molecule has 8 heteroatoms. The normalized spacial score (nSPS) is 21.5. The average Bonchev–Trinajstić information content (AvgIpc) is 2.40. The molecule has 8 nitrogen and oxygen atoms in total. The second-order valence-corrected chi connectivity index (χ2v) is 4.35. The van der Waals surface area contributed by atoms with Crippen molar-refractivity contribution in [3.8, 4) is 0 Å². The van der Waals surface area contributed by atoms with Crippen molar-refractivity contribution in [2.45, 2.75) is 50.5 Å². The monoisotopic (exact) mass is 284 g/mol. The van der Waals surface area contributed by atoms with Gasteiger partial charge in [-0.1, -0.05) is 0 Å². The van der Waals surface area contributed by atoms with Gasteiger partial charge in [-0.3, -0.25) is 0 Å². The third-order valence-corrected chi connectivity index (χ3v) is 2.73. The van der Waals surface area contributed by atoms with Gasteiger partial charge >= 0.3 is 0 Å². The summed E-state index contributed by atoms with van der Waals surface area (Å²) < 4.78 is 10.1. The third kappa shape index (κ3) is 6.59. The van der Waals surface area contributed by atoms with Gasteiger partial charge in [-0.2, -0.15) is 0 Å². The minimum absolute atomic E-state index is 0.356. The topological polar surface area (TPSA) is 140 Å². The zero-order valence-corrected chi connectivity index (χ0v) is 11.1. The fraction of sp³-hybridized carbons (Fsp3) is 1.00. The molecule has 0 bridgehead atoms. The van der Waals surface area contributed by atoms with Crippen molar-refractivity contribution in [2.75, 3.05) is 20.0 Å². The maximum Gasteiger partial charge on any atom is 0.147 e. The summed E-state index contributed by atoms with van der Waals surface area (Å²) in [6, 6.07) is 0. The van der Waals surface area contributed by atoms with Crippen molar-refractivity contribution in [1.82, 2.24) is 0 Å². The van der Waals surface area contributed by atoms with E-state index in [-0.39, 0.29) is 6.79 Å². The van der Waals surface area contributed by atoms with E-state index in [9.17, 15) is 15.3 Å². The molecule has 6 N–H and O–H groups in total. The van der Waals surface area contributed by atoms with Crippen molar-refractivity contribution >= 4 is 0 Å². The molecule has 0 aliphatic heterocycles. The van der Waals surface area contributed by atoms with Gasteiger partial charge in [-0.05, 0) is 13.8 Å². The second-order valence-electron chi connectivity index (χ2n) is 4.35. The quantitative estimate of drug-likeness (QED) is 0.236. The summed E-state index contributed by atoms with van der Waals surface area (Å²) in [4.78, 5) is 0. The Morgan fingerprint density at radius 2 is 1.42 bits per heavy atom. The highest BCUT2D eigenvalue weighted by molar-refractivity contribution is 4.74. The molecule has 0 aliphatic rings. The molecule has 0 aromatic heterocycles. The van der Waals surface area contributed by atoms with Gasteiger partial charge in [0.1, 0.15) is 31.2 Å². The predicted molar refractivity (Wildman–Crippen MR) is 64.2 cm³/mol. The maximum absolute atomic E-state index is 9.48. The van der Waals surface area contributed by atoms with E-state index in [1.165, 1.54) is 13.8 Å². The van der Waals surface area contributed by atoms with Crippen LogP contribution < -0.4 is 0 Å². The molecule has 0 heterocycles.